The molecule has 1 rings (SSSR count). The zero-order chi connectivity index (χ0) is 12.0. The summed E-state index contributed by atoms with van der Waals surface area (Å²) in [5.74, 6) is 0.408. The number of hydrogen-bond donors (Lipinski definition) is 2. The molecule has 0 saturated carbocycles. The maximum atomic E-state index is 11.6. The fourth-order valence-electron chi connectivity index (χ4n) is 1.34. The minimum absolute atomic E-state index is 0.184. The summed E-state index contributed by atoms with van der Waals surface area (Å²) in [7, 11) is 1.52. The van der Waals surface area contributed by atoms with Crippen molar-refractivity contribution in [2.45, 2.75) is 19.4 Å². The second-order valence-corrected chi connectivity index (χ2v) is 3.54. The normalized spacial score (nSPS) is 12.4. The Labute approximate surface area is 94.4 Å². The van der Waals surface area contributed by atoms with Gasteiger partial charge >= 0.3 is 0 Å². The molecule has 0 aliphatic rings. The van der Waals surface area contributed by atoms with Crippen LogP contribution in [0.15, 0.2) is 16.7 Å². The van der Waals surface area contributed by atoms with Gasteiger partial charge in [0.1, 0.15) is 5.76 Å². The summed E-state index contributed by atoms with van der Waals surface area (Å²) in [5, 5.41) is 12.1. The Hall–Kier alpha value is -1.33. The van der Waals surface area contributed by atoms with Crippen molar-refractivity contribution < 1.29 is 19.1 Å². The molecule has 1 aromatic heterocycles. The van der Waals surface area contributed by atoms with Crippen LogP contribution in [0.25, 0.3) is 0 Å². The second kappa shape index (κ2) is 6.30. The molecule has 1 amide bonds. The Morgan fingerprint density at radius 1 is 1.69 bits per heavy atom. The summed E-state index contributed by atoms with van der Waals surface area (Å²) < 4.78 is 9.80. The Balaban J connectivity index is 2.29. The summed E-state index contributed by atoms with van der Waals surface area (Å²) in [6, 6.07) is 1.62. The maximum absolute atomic E-state index is 11.6. The van der Waals surface area contributed by atoms with Gasteiger partial charge in [-0.2, -0.15) is 0 Å². The average Bonchev–Trinajstić information content (AvgIpc) is 2.64. The van der Waals surface area contributed by atoms with Gasteiger partial charge in [-0.15, -0.1) is 0 Å². The summed E-state index contributed by atoms with van der Waals surface area (Å²) in [4.78, 5) is 11.6. The Morgan fingerprint density at radius 2 is 2.44 bits per heavy atom. The molecule has 16 heavy (non-hydrogen) atoms. The molecule has 0 fully saturated rings. The van der Waals surface area contributed by atoms with Gasteiger partial charge in [0.15, 0.2) is 0 Å². The van der Waals surface area contributed by atoms with Crippen LogP contribution in [0, 0.1) is 6.92 Å². The number of carbonyl (C=O) groups is 1. The molecule has 1 heterocycles. The van der Waals surface area contributed by atoms with E-state index in [1.165, 1.54) is 13.4 Å². The van der Waals surface area contributed by atoms with Crippen LogP contribution < -0.4 is 5.32 Å². The summed E-state index contributed by atoms with van der Waals surface area (Å²) >= 11 is 0. The molecule has 0 aliphatic carbocycles. The van der Waals surface area contributed by atoms with Crippen LogP contribution >= 0.6 is 0 Å². The molecular weight excluding hydrogens is 210 g/mol. The van der Waals surface area contributed by atoms with Gasteiger partial charge < -0.3 is 19.6 Å². The summed E-state index contributed by atoms with van der Waals surface area (Å²) in [6.07, 6.45) is 1.40. The van der Waals surface area contributed by atoms with Crippen LogP contribution in [0.2, 0.25) is 0 Å². The first kappa shape index (κ1) is 12.7. The lowest BCUT2D eigenvalue weighted by atomic mass is 10.2. The zero-order valence-electron chi connectivity index (χ0n) is 9.53. The van der Waals surface area contributed by atoms with Crippen molar-refractivity contribution in [3.8, 4) is 0 Å². The van der Waals surface area contributed by atoms with E-state index in [0.717, 1.165) is 0 Å². The molecule has 1 aromatic rings. The first-order valence-electron chi connectivity index (χ1n) is 5.14. The fourth-order valence-corrected chi connectivity index (χ4v) is 1.34. The number of methoxy groups -OCH3 is 1. The van der Waals surface area contributed by atoms with Crippen molar-refractivity contribution in [2.75, 3.05) is 20.3 Å². The van der Waals surface area contributed by atoms with Crippen LogP contribution in [0.5, 0.6) is 0 Å². The largest absolute Gasteiger partial charge is 0.469 e. The zero-order valence-corrected chi connectivity index (χ0v) is 9.53. The van der Waals surface area contributed by atoms with Crippen LogP contribution in [0.1, 0.15) is 22.5 Å². The van der Waals surface area contributed by atoms with E-state index in [9.17, 15) is 9.90 Å². The second-order valence-electron chi connectivity index (χ2n) is 3.54. The number of aliphatic hydroxyl groups is 1. The molecule has 0 radical (unpaired) electrons. The monoisotopic (exact) mass is 227 g/mol. The fraction of sp³-hybridized carbons (Fsp3) is 0.545. The third kappa shape index (κ3) is 3.67. The number of ether oxygens (including phenoxy) is 1. The first-order chi connectivity index (χ1) is 7.65. The van der Waals surface area contributed by atoms with Crippen LogP contribution in [0.4, 0.5) is 0 Å². The van der Waals surface area contributed by atoms with Crippen LogP contribution in [-0.2, 0) is 4.74 Å². The molecule has 90 valence electrons. The highest BCUT2D eigenvalue weighted by molar-refractivity contribution is 5.94. The van der Waals surface area contributed by atoms with Gasteiger partial charge in [-0.25, -0.2) is 0 Å². The minimum atomic E-state index is -0.546. The average molecular weight is 227 g/mol. The molecular formula is C11H17NO4. The molecule has 0 aromatic carbocycles. The van der Waals surface area contributed by atoms with Gasteiger partial charge in [0.05, 0.1) is 24.5 Å². The van der Waals surface area contributed by atoms with Gasteiger partial charge in [0, 0.05) is 13.7 Å². The number of nitrogens with one attached hydrogen (secondary N) is 1. The van der Waals surface area contributed by atoms with Crippen molar-refractivity contribution in [2.24, 2.45) is 0 Å². The molecule has 1 atom stereocenters. The molecule has 0 saturated heterocycles. The van der Waals surface area contributed by atoms with E-state index >= 15 is 0 Å². The lowest BCUT2D eigenvalue weighted by molar-refractivity contribution is 0.0587. The van der Waals surface area contributed by atoms with E-state index < -0.39 is 6.10 Å². The van der Waals surface area contributed by atoms with Gasteiger partial charge in [0.2, 0.25) is 0 Å². The molecule has 5 nitrogen and oxygen atoms in total. The number of furan rings is 1. The van der Waals surface area contributed by atoms with Crippen LogP contribution in [-0.4, -0.2) is 37.4 Å². The number of carbonyl (C=O) groups excluding carboxylic acids is 1. The predicted octanol–water partition coefficient (Wildman–Crippen LogP) is 0.715. The van der Waals surface area contributed by atoms with Gasteiger partial charge in [-0.3, -0.25) is 4.79 Å². The van der Waals surface area contributed by atoms with Gasteiger partial charge in [-0.05, 0) is 19.4 Å². The molecule has 0 bridgehead atoms. The number of hydrogen-bond acceptors (Lipinski definition) is 4. The quantitative estimate of drug-likeness (QED) is 0.751. The van der Waals surface area contributed by atoms with Crippen molar-refractivity contribution in [3.63, 3.8) is 0 Å². The van der Waals surface area contributed by atoms with E-state index in [1.807, 2.05) is 0 Å². The Kier molecular flexibility index (Phi) is 5.01. The lowest BCUT2D eigenvalue weighted by Crippen LogP contribution is -2.28. The third-order valence-corrected chi connectivity index (χ3v) is 2.23. The van der Waals surface area contributed by atoms with E-state index in [1.54, 1.807) is 13.0 Å². The van der Waals surface area contributed by atoms with Crippen molar-refractivity contribution in [1.29, 1.82) is 0 Å². The molecule has 5 heteroatoms. The standard InChI is InChI=1S/C11H17NO4/c1-8-10(4-6-16-8)11(14)12-5-3-9(13)7-15-2/h4,6,9,13H,3,5,7H2,1-2H3,(H,12,14). The first-order valence-corrected chi connectivity index (χ1v) is 5.14. The molecule has 1 unspecified atom stereocenters. The number of aliphatic hydroxyl groups excluding tert-OH is 1. The molecule has 2 N–H and O–H groups in total. The topological polar surface area (TPSA) is 71.7 Å². The predicted molar refractivity (Wildman–Crippen MR) is 58.3 cm³/mol. The number of amides is 1. The van der Waals surface area contributed by atoms with Crippen LogP contribution in [0.3, 0.4) is 0 Å². The lowest BCUT2D eigenvalue weighted by Gasteiger charge is -2.09. The van der Waals surface area contributed by atoms with Crippen molar-refractivity contribution in [1.82, 2.24) is 5.32 Å². The number of rotatable bonds is 6. The van der Waals surface area contributed by atoms with E-state index in [0.29, 0.717) is 24.3 Å². The van der Waals surface area contributed by atoms with Gasteiger partial charge in [0.25, 0.3) is 5.91 Å². The van der Waals surface area contributed by atoms with Gasteiger partial charge in [-0.1, -0.05) is 0 Å². The SMILES string of the molecule is COCC(O)CCNC(=O)c1ccoc1C. The highest BCUT2D eigenvalue weighted by atomic mass is 16.5. The maximum Gasteiger partial charge on any atom is 0.254 e. The molecule has 0 spiro atoms. The van der Waals surface area contributed by atoms with E-state index in [-0.39, 0.29) is 12.5 Å². The summed E-state index contributed by atoms with van der Waals surface area (Å²) in [5.41, 5.74) is 0.529. The Morgan fingerprint density at radius 3 is 3.00 bits per heavy atom. The van der Waals surface area contributed by atoms with E-state index in [2.05, 4.69) is 5.32 Å². The Bertz CT molecular complexity index is 334. The summed E-state index contributed by atoms with van der Waals surface area (Å²) in [6.45, 7) is 2.42. The van der Waals surface area contributed by atoms with Crippen molar-refractivity contribution >= 4 is 5.91 Å². The minimum Gasteiger partial charge on any atom is -0.469 e. The number of aryl methyl sites for hydroxylation is 1. The highest BCUT2D eigenvalue weighted by Gasteiger charge is 2.11. The van der Waals surface area contributed by atoms with Crippen molar-refractivity contribution in [3.05, 3.63) is 23.7 Å². The van der Waals surface area contributed by atoms with E-state index in [4.69, 9.17) is 9.15 Å². The smallest absolute Gasteiger partial charge is 0.254 e. The highest BCUT2D eigenvalue weighted by Crippen LogP contribution is 2.07. The molecule has 0 aliphatic heterocycles. The third-order valence-electron chi connectivity index (χ3n) is 2.23.